The molecule has 0 fully saturated rings. The van der Waals surface area contributed by atoms with Gasteiger partial charge in [0.25, 0.3) is 6.71 Å². The molecule has 41 heavy (non-hydrogen) atoms. The van der Waals surface area contributed by atoms with E-state index in [4.69, 9.17) is 9.15 Å². The van der Waals surface area contributed by atoms with Crippen LogP contribution < -0.4 is 30.9 Å². The van der Waals surface area contributed by atoms with E-state index in [1.165, 1.54) is 33.5 Å². The highest BCUT2D eigenvalue weighted by Gasteiger charge is 2.46. The normalized spacial score (nSPS) is 13.9. The quantitative estimate of drug-likeness (QED) is 0.205. The first-order valence-electron chi connectivity index (χ1n) is 14.0. The van der Waals surface area contributed by atoms with Gasteiger partial charge < -0.3 is 19.0 Å². The van der Waals surface area contributed by atoms with Crippen molar-refractivity contribution in [1.29, 1.82) is 0 Å². The Labute approximate surface area is 236 Å². The van der Waals surface area contributed by atoms with Crippen LogP contribution in [0.5, 0.6) is 11.5 Å². The summed E-state index contributed by atoms with van der Waals surface area (Å²) in [7, 11) is 0. The molecule has 0 atom stereocenters. The number of hydrogen-bond acceptors (Lipinski definition) is 4. The van der Waals surface area contributed by atoms with Gasteiger partial charge in [-0.25, -0.2) is 0 Å². The van der Waals surface area contributed by atoms with Crippen LogP contribution in [0.2, 0.25) is 0 Å². The number of nitrogens with zero attached hydrogens (tertiary/aromatic N) is 2. The van der Waals surface area contributed by atoms with E-state index in [1.807, 2.05) is 24.3 Å². The third-order valence-electron chi connectivity index (χ3n) is 8.81. The van der Waals surface area contributed by atoms with E-state index in [2.05, 4.69) is 113 Å². The van der Waals surface area contributed by atoms with Crippen LogP contribution in [0.1, 0.15) is 0 Å². The smallest absolute Gasteiger partial charge is 0.252 e. The Bertz CT molecular complexity index is 2220. The maximum Gasteiger partial charge on any atom is 0.252 e. The van der Waals surface area contributed by atoms with Crippen LogP contribution in [0.4, 0.5) is 34.1 Å². The molecular formula is C36H21BN2O2. The second-order valence-corrected chi connectivity index (χ2v) is 10.9. The summed E-state index contributed by atoms with van der Waals surface area (Å²) in [4.78, 5) is 4.80. The third kappa shape index (κ3) is 2.66. The largest absolute Gasteiger partial charge is 0.452 e. The number of rotatable bonds is 1. The molecule has 0 unspecified atom stereocenters. The van der Waals surface area contributed by atoms with Crippen molar-refractivity contribution in [1.82, 2.24) is 0 Å². The Kier molecular flexibility index (Phi) is 3.98. The highest BCUT2D eigenvalue weighted by atomic mass is 16.5. The Hall–Kier alpha value is -5.42. The van der Waals surface area contributed by atoms with Crippen molar-refractivity contribution in [3.8, 4) is 11.5 Å². The van der Waals surface area contributed by atoms with Crippen LogP contribution in [-0.4, -0.2) is 6.71 Å². The first-order chi connectivity index (χ1) is 20.4. The first-order valence-corrected chi connectivity index (χ1v) is 14.0. The molecule has 0 N–H and O–H groups in total. The Balaban J connectivity index is 1.38. The number of fused-ring (bicyclic) bond motifs is 10. The summed E-state index contributed by atoms with van der Waals surface area (Å²) in [6, 6.07) is 45.1. The van der Waals surface area contributed by atoms with E-state index >= 15 is 0 Å². The summed E-state index contributed by atoms with van der Waals surface area (Å²) in [5.41, 5.74) is 12.3. The number of anilines is 6. The van der Waals surface area contributed by atoms with E-state index in [0.717, 1.165) is 50.5 Å². The summed E-state index contributed by atoms with van der Waals surface area (Å²) in [5.74, 6) is 1.61. The van der Waals surface area contributed by atoms with E-state index in [1.54, 1.807) is 0 Å². The minimum Gasteiger partial charge on any atom is -0.452 e. The summed E-state index contributed by atoms with van der Waals surface area (Å²) in [6.45, 7) is 0.0364. The van der Waals surface area contributed by atoms with Crippen LogP contribution in [0, 0.1) is 0 Å². The van der Waals surface area contributed by atoms with Gasteiger partial charge in [-0.1, -0.05) is 78.9 Å². The third-order valence-corrected chi connectivity index (χ3v) is 8.81. The predicted molar refractivity (Wildman–Crippen MR) is 168 cm³/mol. The molecule has 4 heterocycles. The molecule has 1 aromatic heterocycles. The monoisotopic (exact) mass is 524 g/mol. The van der Waals surface area contributed by atoms with Crippen LogP contribution >= 0.6 is 0 Å². The maximum absolute atomic E-state index is 6.76. The van der Waals surface area contributed by atoms with Crippen LogP contribution in [-0.2, 0) is 0 Å². The van der Waals surface area contributed by atoms with Crippen LogP contribution in [0.25, 0.3) is 21.9 Å². The molecule has 6 aromatic carbocycles. The standard InChI is InChI=1S/C36H21BN2O2/c1-2-11-22(12-3-1)38-27-15-6-5-14-25(27)37-26-21-24-23-13-4-8-19-31(23)40-35(24)36-34(26)39(28-16-7-9-20-32(28)41-36)30-18-10-17-29(38)33(30)37/h1-21H. The lowest BCUT2D eigenvalue weighted by Gasteiger charge is -2.45. The second-order valence-electron chi connectivity index (χ2n) is 10.9. The molecule has 0 saturated heterocycles. The van der Waals surface area contributed by atoms with Crippen molar-refractivity contribution >= 4 is 79.2 Å². The number of ether oxygens (including phenoxy) is 1. The maximum atomic E-state index is 6.76. The summed E-state index contributed by atoms with van der Waals surface area (Å²) < 4.78 is 13.3. The van der Waals surface area contributed by atoms with E-state index < -0.39 is 0 Å². The van der Waals surface area contributed by atoms with E-state index in [0.29, 0.717) is 0 Å². The molecule has 7 aromatic rings. The van der Waals surface area contributed by atoms with Crippen molar-refractivity contribution < 1.29 is 9.15 Å². The van der Waals surface area contributed by atoms with Crippen LogP contribution in [0.3, 0.4) is 0 Å². The fraction of sp³-hybridized carbons (Fsp3) is 0. The molecule has 3 aliphatic rings. The minimum absolute atomic E-state index is 0.0364. The molecule has 0 radical (unpaired) electrons. The molecule has 0 bridgehead atoms. The average Bonchev–Trinajstić information content (AvgIpc) is 3.41. The Morgan fingerprint density at radius 1 is 0.537 bits per heavy atom. The topological polar surface area (TPSA) is 28.9 Å². The number of hydrogen-bond donors (Lipinski definition) is 0. The zero-order valence-corrected chi connectivity index (χ0v) is 21.9. The minimum atomic E-state index is 0.0364. The molecule has 0 amide bonds. The lowest BCUT2D eigenvalue weighted by atomic mass is 9.33. The van der Waals surface area contributed by atoms with Gasteiger partial charge in [-0.3, -0.25) is 0 Å². The second kappa shape index (κ2) is 7.61. The molecule has 5 heteroatoms. The molecule has 10 rings (SSSR count). The number of furan rings is 1. The van der Waals surface area contributed by atoms with Crippen LogP contribution in [0.15, 0.2) is 132 Å². The van der Waals surface area contributed by atoms with Gasteiger partial charge in [0, 0.05) is 33.5 Å². The van der Waals surface area contributed by atoms with Crippen molar-refractivity contribution in [2.45, 2.75) is 0 Å². The molecule has 190 valence electrons. The zero-order chi connectivity index (χ0) is 26.7. The van der Waals surface area contributed by atoms with Gasteiger partial charge in [-0.15, -0.1) is 0 Å². The van der Waals surface area contributed by atoms with Gasteiger partial charge >= 0.3 is 0 Å². The SMILES string of the molecule is c1ccc(N2c3ccccc3B3c4cc5c(oc6ccccc65)c5c4N(c4ccccc4O5)c4cccc2c43)cc1. The average molecular weight is 524 g/mol. The molecule has 4 nitrogen and oxygen atoms in total. The highest BCUT2D eigenvalue weighted by Crippen LogP contribution is 2.55. The van der Waals surface area contributed by atoms with Gasteiger partial charge in [-0.05, 0) is 64.9 Å². The van der Waals surface area contributed by atoms with Gasteiger partial charge in [0.2, 0.25) is 0 Å². The molecule has 3 aliphatic heterocycles. The fourth-order valence-corrected chi connectivity index (χ4v) is 7.22. The lowest BCUT2D eigenvalue weighted by molar-refractivity contribution is 0.471. The zero-order valence-electron chi connectivity index (χ0n) is 21.9. The number of benzene rings is 6. The molecule has 0 saturated carbocycles. The lowest BCUT2D eigenvalue weighted by Crippen LogP contribution is -2.61. The molecule has 0 aliphatic carbocycles. The summed E-state index contributed by atoms with van der Waals surface area (Å²) in [5, 5.41) is 2.18. The Morgan fingerprint density at radius 3 is 2.15 bits per heavy atom. The van der Waals surface area contributed by atoms with Gasteiger partial charge in [0.1, 0.15) is 5.58 Å². The van der Waals surface area contributed by atoms with E-state index in [9.17, 15) is 0 Å². The summed E-state index contributed by atoms with van der Waals surface area (Å²) in [6.07, 6.45) is 0. The van der Waals surface area contributed by atoms with Crippen molar-refractivity contribution in [2.75, 3.05) is 9.80 Å². The first kappa shape index (κ1) is 21.4. The highest BCUT2D eigenvalue weighted by molar-refractivity contribution is 7.00. The van der Waals surface area contributed by atoms with Crippen molar-refractivity contribution in [3.05, 3.63) is 127 Å². The van der Waals surface area contributed by atoms with Gasteiger partial charge in [0.05, 0.1) is 11.4 Å². The van der Waals surface area contributed by atoms with Gasteiger partial charge in [-0.2, -0.15) is 0 Å². The summed E-state index contributed by atoms with van der Waals surface area (Å²) >= 11 is 0. The Morgan fingerprint density at radius 2 is 1.24 bits per heavy atom. The van der Waals surface area contributed by atoms with Crippen molar-refractivity contribution in [3.63, 3.8) is 0 Å². The predicted octanol–water partition coefficient (Wildman–Crippen LogP) is 7.77. The van der Waals surface area contributed by atoms with Gasteiger partial charge in [0.15, 0.2) is 17.1 Å². The fourth-order valence-electron chi connectivity index (χ4n) is 7.22. The molecule has 0 spiro atoms. The molecular weight excluding hydrogens is 503 g/mol. The van der Waals surface area contributed by atoms with E-state index in [-0.39, 0.29) is 6.71 Å². The number of para-hydroxylation sites is 5. The van der Waals surface area contributed by atoms with Crippen molar-refractivity contribution in [2.24, 2.45) is 0 Å².